The average Bonchev–Trinajstić information content (AvgIpc) is 3.70. The Morgan fingerprint density at radius 3 is 1.86 bits per heavy atom. The van der Waals surface area contributed by atoms with Gasteiger partial charge in [-0.15, -0.1) is 0 Å². The van der Waals surface area contributed by atoms with Crippen molar-refractivity contribution in [1.29, 1.82) is 0 Å². The zero-order valence-corrected chi connectivity index (χ0v) is 35.4. The maximum absolute atomic E-state index is 13.8. The van der Waals surface area contributed by atoms with E-state index in [4.69, 9.17) is 9.47 Å². The number of anilines is 2. The third kappa shape index (κ3) is 15.4. The molecule has 0 aliphatic heterocycles. The van der Waals surface area contributed by atoms with Crippen LogP contribution in [0.25, 0.3) is 0 Å². The molecular weight excluding hydrogens is 855 g/mol. The van der Waals surface area contributed by atoms with Crippen LogP contribution in [0.2, 0.25) is 0 Å². The highest BCUT2D eigenvalue weighted by Crippen LogP contribution is 2.16. The van der Waals surface area contributed by atoms with Crippen LogP contribution < -0.4 is 10.0 Å². The van der Waals surface area contributed by atoms with Gasteiger partial charge in [-0.3, -0.25) is 28.8 Å². The summed E-state index contributed by atoms with van der Waals surface area (Å²) < 4.78 is 39.9. The molecule has 56 heavy (non-hydrogen) atoms. The lowest BCUT2D eigenvalue weighted by Gasteiger charge is -2.27. The number of hydrogen-bond acceptors (Lipinski definition) is 11. The Balaban J connectivity index is 1.54. The number of nitrogens with one attached hydrogen (secondary N) is 2. The number of benzene rings is 2. The fraction of sp³-hybridized carbons (Fsp3) is 0.421. The highest BCUT2D eigenvalue weighted by atomic mass is 127. The largest absolute Gasteiger partial charge is 0.459 e. The summed E-state index contributed by atoms with van der Waals surface area (Å²) in [6.45, 7) is 10.2. The number of esters is 2. The molecule has 0 fully saturated rings. The smallest absolute Gasteiger partial charge is 0.326 e. The van der Waals surface area contributed by atoms with Gasteiger partial charge in [0.25, 0.3) is 0 Å². The van der Waals surface area contributed by atoms with E-state index in [0.29, 0.717) is 42.5 Å². The lowest BCUT2D eigenvalue weighted by molar-refractivity contribution is -0.164. The molecule has 4 rings (SSSR count). The van der Waals surface area contributed by atoms with Crippen LogP contribution in [-0.4, -0.2) is 91.9 Å². The topological polar surface area (TPSA) is 187 Å². The number of nitrogens with zero attached hydrogens (tertiary/aromatic N) is 6. The van der Waals surface area contributed by atoms with Gasteiger partial charge >= 0.3 is 11.9 Å². The molecule has 0 spiro atoms. The van der Waals surface area contributed by atoms with E-state index < -0.39 is 53.0 Å². The molecule has 2 N–H and O–H groups in total. The summed E-state index contributed by atoms with van der Waals surface area (Å²) in [7, 11) is -2.79. The maximum Gasteiger partial charge on any atom is 0.326 e. The van der Waals surface area contributed by atoms with Crippen molar-refractivity contribution < 1.29 is 37.1 Å². The van der Waals surface area contributed by atoms with Gasteiger partial charge in [-0.2, -0.15) is 0 Å². The van der Waals surface area contributed by atoms with Crippen molar-refractivity contribution >= 4 is 68.6 Å². The molecule has 0 saturated carbocycles. The summed E-state index contributed by atoms with van der Waals surface area (Å²) in [6, 6.07) is 14.5. The Hall–Kier alpha value is -4.82. The number of carbonyl (C=O) groups is 4. The number of halogens is 1. The molecule has 0 aliphatic carbocycles. The molecule has 2 heterocycles. The highest BCUT2D eigenvalue weighted by molar-refractivity contribution is 14.1. The third-order valence-electron chi connectivity index (χ3n) is 7.79. The minimum absolute atomic E-state index is 0.0271. The van der Waals surface area contributed by atoms with Crippen molar-refractivity contribution in [3.63, 3.8) is 0 Å². The van der Waals surface area contributed by atoms with Crippen molar-refractivity contribution in [3.8, 4) is 0 Å². The minimum Gasteiger partial charge on any atom is -0.459 e. The Labute approximate surface area is 342 Å². The molecule has 0 aliphatic rings. The van der Waals surface area contributed by atoms with Crippen molar-refractivity contribution in [1.82, 2.24) is 28.9 Å². The number of thiol groups is 1. The van der Waals surface area contributed by atoms with Crippen molar-refractivity contribution in [3.05, 3.63) is 94.1 Å². The van der Waals surface area contributed by atoms with Gasteiger partial charge in [-0.1, -0.05) is 18.2 Å². The first-order valence-corrected chi connectivity index (χ1v) is 20.1. The first-order valence-electron chi connectivity index (χ1n) is 17.8. The summed E-state index contributed by atoms with van der Waals surface area (Å²) in [5, 5.41) is 2.92. The van der Waals surface area contributed by atoms with Crippen LogP contribution in [0.5, 0.6) is 0 Å². The van der Waals surface area contributed by atoms with E-state index in [2.05, 4.69) is 47.5 Å². The van der Waals surface area contributed by atoms with Gasteiger partial charge in [0.05, 0.1) is 13.1 Å². The molecule has 0 bridgehead atoms. The van der Waals surface area contributed by atoms with Gasteiger partial charge in [0.15, 0.2) is 0 Å². The van der Waals surface area contributed by atoms with Gasteiger partial charge in [0.2, 0.25) is 22.7 Å². The van der Waals surface area contributed by atoms with Crippen LogP contribution >= 0.6 is 22.6 Å². The quantitative estimate of drug-likeness (QED) is 0.0744. The van der Waals surface area contributed by atoms with Gasteiger partial charge in [0.1, 0.15) is 49.0 Å². The molecule has 4 aromatic rings. The fourth-order valence-corrected chi connectivity index (χ4v) is 6.39. The second-order valence-electron chi connectivity index (χ2n) is 15.0. The zero-order chi connectivity index (χ0) is 41.0. The van der Waals surface area contributed by atoms with Crippen LogP contribution in [0, 0.1) is 3.57 Å². The maximum atomic E-state index is 13.8. The average molecular weight is 905 g/mol. The SMILES string of the molecule is CC(C)(C)OC(=O)CN(CC(=O)OC(C)(C)C)C(=O)Cn1ccnc1CN(CCc1ccc(N[SH](=O)=O)cc1)Cc1nccn1CC(=O)Nc1cccc(I)c1. The van der Waals surface area contributed by atoms with E-state index in [-0.39, 0.29) is 25.5 Å². The van der Waals surface area contributed by atoms with Gasteiger partial charge in [0, 0.05) is 46.3 Å². The number of imidazole rings is 2. The molecule has 2 aromatic heterocycles. The van der Waals surface area contributed by atoms with Crippen LogP contribution in [0.4, 0.5) is 11.4 Å². The number of hydrogen-bond donors (Lipinski definition) is 3. The van der Waals surface area contributed by atoms with E-state index in [9.17, 15) is 27.6 Å². The molecule has 0 atom stereocenters. The predicted molar refractivity (Wildman–Crippen MR) is 219 cm³/mol. The normalized spacial score (nSPS) is 11.7. The first-order chi connectivity index (χ1) is 26.3. The fourth-order valence-electron chi connectivity index (χ4n) is 5.48. The van der Waals surface area contributed by atoms with Crippen molar-refractivity contribution in [2.75, 3.05) is 29.7 Å². The standard InChI is InChI=1S/C38H49IN8O8S/c1-37(2,3)54-35(50)25-47(26-36(51)55-38(4,5)6)34(49)24-46-19-16-41-32(46)22-44(17-14-27-10-12-29(13-11-27)43-56(52)53)21-31-40-15-18-45(31)23-33(48)42-30-9-7-8-28(39)20-30/h7-13,15-16,18-20,56H,14,17,21-26H2,1-6H3,(H,42,48)(H,43,52,53). The van der Waals surface area contributed by atoms with Crippen LogP contribution in [0.15, 0.2) is 73.3 Å². The molecule has 18 heteroatoms. The molecule has 0 saturated heterocycles. The van der Waals surface area contributed by atoms with Crippen LogP contribution in [0.3, 0.4) is 0 Å². The van der Waals surface area contributed by atoms with Crippen LogP contribution in [0.1, 0.15) is 58.8 Å². The zero-order valence-electron chi connectivity index (χ0n) is 32.4. The summed E-state index contributed by atoms with van der Waals surface area (Å²) in [6.07, 6.45) is 7.14. The highest BCUT2D eigenvalue weighted by Gasteiger charge is 2.27. The van der Waals surface area contributed by atoms with Crippen LogP contribution in [-0.2, 0) is 72.1 Å². The molecular formula is C38H49IN8O8S. The molecule has 2 aromatic carbocycles. The van der Waals surface area contributed by atoms with Gasteiger partial charge in [-0.05, 0) is 106 Å². The summed E-state index contributed by atoms with van der Waals surface area (Å²) >= 11 is 2.18. The Kier molecular flexibility index (Phi) is 15.6. The molecule has 0 radical (unpaired) electrons. The van der Waals surface area contributed by atoms with Crippen molar-refractivity contribution in [2.45, 2.75) is 85.3 Å². The Bertz CT molecular complexity index is 2010. The summed E-state index contributed by atoms with van der Waals surface area (Å²) in [4.78, 5) is 64.7. The van der Waals surface area contributed by atoms with E-state index in [0.717, 1.165) is 14.0 Å². The molecule has 2 amide bonds. The molecule has 16 nitrogen and oxygen atoms in total. The number of aromatic nitrogens is 4. The number of rotatable bonds is 18. The Morgan fingerprint density at radius 1 is 0.786 bits per heavy atom. The lowest BCUT2D eigenvalue weighted by Crippen LogP contribution is -2.44. The predicted octanol–water partition coefficient (Wildman–Crippen LogP) is 4.02. The number of carbonyl (C=O) groups excluding carboxylic acids is 4. The number of ether oxygens (including phenoxy) is 2. The third-order valence-corrected chi connectivity index (χ3v) is 8.90. The molecule has 302 valence electrons. The monoisotopic (exact) mass is 904 g/mol. The summed E-state index contributed by atoms with van der Waals surface area (Å²) in [5.41, 5.74) is 0.487. The summed E-state index contributed by atoms with van der Waals surface area (Å²) in [5.74, 6) is -0.921. The second-order valence-corrected chi connectivity index (χ2v) is 16.9. The van der Waals surface area contributed by atoms with Crippen molar-refractivity contribution in [2.24, 2.45) is 0 Å². The number of amides is 2. The Morgan fingerprint density at radius 2 is 1.34 bits per heavy atom. The lowest BCUT2D eigenvalue weighted by atomic mass is 10.1. The van der Waals surface area contributed by atoms with Gasteiger partial charge < -0.3 is 28.8 Å². The first kappa shape index (κ1) is 43.9. The van der Waals surface area contributed by atoms with E-state index in [1.54, 1.807) is 87.6 Å². The minimum atomic E-state index is -2.79. The van der Waals surface area contributed by atoms with E-state index in [1.807, 2.05) is 36.4 Å². The molecule has 0 unspecified atom stereocenters. The van der Waals surface area contributed by atoms with Gasteiger partial charge in [-0.25, -0.2) is 18.4 Å². The van der Waals surface area contributed by atoms with E-state index in [1.165, 1.54) is 0 Å². The van der Waals surface area contributed by atoms with E-state index >= 15 is 0 Å². The second kappa shape index (κ2) is 19.9.